The zero-order valence-corrected chi connectivity index (χ0v) is 18.5. The summed E-state index contributed by atoms with van der Waals surface area (Å²) >= 11 is 6.31. The quantitative estimate of drug-likeness (QED) is 0.374. The van der Waals surface area contributed by atoms with Crippen LogP contribution in [-0.2, 0) is 0 Å². The van der Waals surface area contributed by atoms with Gasteiger partial charge in [-0.3, -0.25) is 14.4 Å². The molecule has 1 saturated carbocycles. The van der Waals surface area contributed by atoms with Crippen LogP contribution in [0.1, 0.15) is 30.3 Å². The van der Waals surface area contributed by atoms with Crippen molar-refractivity contribution in [1.29, 1.82) is 0 Å². The minimum atomic E-state index is 0.539. The molecule has 1 aliphatic rings. The number of fused-ring (bicyclic) bond motifs is 3. The van der Waals surface area contributed by atoms with E-state index in [0.717, 1.165) is 45.2 Å². The normalized spacial score (nSPS) is 13.7. The van der Waals surface area contributed by atoms with Gasteiger partial charge in [0, 0.05) is 40.8 Å². The van der Waals surface area contributed by atoms with E-state index in [-0.39, 0.29) is 0 Å². The summed E-state index contributed by atoms with van der Waals surface area (Å²) in [6.07, 6.45) is 6.21. The number of rotatable bonds is 4. The molecular weight excluding hydrogens is 422 g/mol. The molecule has 1 fully saturated rings. The fourth-order valence-electron chi connectivity index (χ4n) is 4.07. The second-order valence-corrected chi connectivity index (χ2v) is 8.63. The number of hydrogen-bond acceptors (Lipinski definition) is 6. The minimum absolute atomic E-state index is 0.539. The molecule has 32 heavy (non-hydrogen) atoms. The largest absolute Gasteiger partial charge is 0.329 e. The molecule has 6 rings (SSSR count). The van der Waals surface area contributed by atoms with Crippen LogP contribution in [0.15, 0.2) is 54.9 Å². The number of benzene rings is 2. The van der Waals surface area contributed by atoms with E-state index in [1.807, 2.05) is 55.0 Å². The second kappa shape index (κ2) is 7.24. The lowest BCUT2D eigenvalue weighted by Gasteiger charge is -2.21. The van der Waals surface area contributed by atoms with Crippen molar-refractivity contribution < 1.29 is 0 Å². The summed E-state index contributed by atoms with van der Waals surface area (Å²) in [7, 11) is 2.00. The highest BCUT2D eigenvalue weighted by Crippen LogP contribution is 2.39. The topological polar surface area (TPSA) is 72.1 Å². The van der Waals surface area contributed by atoms with Gasteiger partial charge in [-0.15, -0.1) is 10.2 Å². The Hall–Kier alpha value is -3.58. The first-order valence-electron chi connectivity index (χ1n) is 10.6. The molecule has 1 aliphatic carbocycles. The summed E-state index contributed by atoms with van der Waals surface area (Å²) in [4.78, 5) is 16.1. The Balaban J connectivity index is 1.44. The average molecular weight is 442 g/mol. The predicted molar refractivity (Wildman–Crippen MR) is 126 cm³/mol. The summed E-state index contributed by atoms with van der Waals surface area (Å²) in [5.41, 5.74) is 4.87. The molecular formula is C24H20ClN7. The SMILES string of the molecule is Cc1nnc2nc(N(C)c3cccc(-c4cnc(C5CC5)cn4)c3)c3ccc(Cl)cc3n12. The standard InChI is InChI=1S/C24H20ClN7/c1-14-29-30-24-28-23(19-9-8-17(25)11-22(19)32(14)24)31(2)18-5-3-4-16(10-18)21-13-26-20(12-27-21)15-6-7-15/h3-5,8-13,15H,6-7H2,1-2H3. The number of aromatic nitrogens is 6. The summed E-state index contributed by atoms with van der Waals surface area (Å²) < 4.78 is 1.92. The fraction of sp³-hybridized carbons (Fsp3) is 0.208. The van der Waals surface area contributed by atoms with E-state index in [4.69, 9.17) is 16.6 Å². The zero-order chi connectivity index (χ0) is 21.8. The maximum absolute atomic E-state index is 6.31. The third-order valence-electron chi connectivity index (χ3n) is 5.97. The maximum Gasteiger partial charge on any atom is 0.257 e. The highest BCUT2D eigenvalue weighted by atomic mass is 35.5. The lowest BCUT2D eigenvalue weighted by atomic mass is 10.1. The Morgan fingerprint density at radius 1 is 1.03 bits per heavy atom. The van der Waals surface area contributed by atoms with E-state index in [1.54, 1.807) is 0 Å². The van der Waals surface area contributed by atoms with Gasteiger partial charge >= 0.3 is 0 Å². The van der Waals surface area contributed by atoms with Crippen LogP contribution in [0, 0.1) is 6.92 Å². The van der Waals surface area contributed by atoms with Crippen LogP contribution >= 0.6 is 11.6 Å². The first kappa shape index (κ1) is 19.1. The van der Waals surface area contributed by atoms with Gasteiger partial charge < -0.3 is 4.90 Å². The monoisotopic (exact) mass is 441 g/mol. The Morgan fingerprint density at radius 3 is 2.69 bits per heavy atom. The first-order chi connectivity index (χ1) is 15.6. The van der Waals surface area contributed by atoms with Crippen molar-refractivity contribution in [1.82, 2.24) is 29.5 Å². The molecule has 2 aromatic carbocycles. The average Bonchev–Trinajstić information content (AvgIpc) is 3.61. The number of nitrogens with zero attached hydrogens (tertiary/aromatic N) is 7. The van der Waals surface area contributed by atoms with Crippen LogP contribution in [0.25, 0.3) is 27.9 Å². The molecule has 8 heteroatoms. The second-order valence-electron chi connectivity index (χ2n) is 8.19. The van der Waals surface area contributed by atoms with E-state index in [2.05, 4.69) is 43.3 Å². The van der Waals surface area contributed by atoms with Crippen LogP contribution in [0.2, 0.25) is 5.02 Å². The molecule has 0 spiro atoms. The van der Waals surface area contributed by atoms with E-state index >= 15 is 0 Å². The van der Waals surface area contributed by atoms with Gasteiger partial charge in [0.25, 0.3) is 5.78 Å². The molecule has 0 radical (unpaired) electrons. The molecule has 158 valence electrons. The third-order valence-corrected chi connectivity index (χ3v) is 6.20. The number of hydrogen-bond donors (Lipinski definition) is 0. The van der Waals surface area contributed by atoms with E-state index in [9.17, 15) is 0 Å². The molecule has 0 amide bonds. The van der Waals surface area contributed by atoms with Crippen LogP contribution < -0.4 is 4.90 Å². The van der Waals surface area contributed by atoms with Gasteiger partial charge in [0.15, 0.2) is 0 Å². The summed E-state index contributed by atoms with van der Waals surface area (Å²) in [6.45, 7) is 1.91. The van der Waals surface area contributed by atoms with Gasteiger partial charge in [0.05, 0.1) is 23.1 Å². The predicted octanol–water partition coefficient (Wildman–Crippen LogP) is 5.34. The Bertz CT molecular complexity index is 1470. The lowest BCUT2D eigenvalue weighted by molar-refractivity contribution is 0.991. The molecule has 0 saturated heterocycles. The number of anilines is 2. The molecule has 0 atom stereocenters. The summed E-state index contributed by atoms with van der Waals surface area (Å²) in [6, 6.07) is 14.0. The van der Waals surface area contributed by atoms with Gasteiger partial charge in [-0.25, -0.2) is 0 Å². The van der Waals surface area contributed by atoms with Crippen LogP contribution in [0.5, 0.6) is 0 Å². The molecule has 3 heterocycles. The number of halogens is 1. The highest BCUT2D eigenvalue weighted by molar-refractivity contribution is 6.31. The van der Waals surface area contributed by atoms with Crippen LogP contribution in [0.3, 0.4) is 0 Å². The van der Waals surface area contributed by atoms with Crippen molar-refractivity contribution >= 4 is 39.8 Å². The van der Waals surface area contributed by atoms with E-state index in [0.29, 0.717) is 16.7 Å². The zero-order valence-electron chi connectivity index (χ0n) is 17.7. The van der Waals surface area contributed by atoms with Gasteiger partial charge in [-0.1, -0.05) is 23.7 Å². The van der Waals surface area contributed by atoms with Crippen molar-refractivity contribution in [3.63, 3.8) is 0 Å². The third kappa shape index (κ3) is 3.17. The summed E-state index contributed by atoms with van der Waals surface area (Å²) in [5, 5.41) is 10.1. The minimum Gasteiger partial charge on any atom is -0.329 e. The van der Waals surface area contributed by atoms with Gasteiger partial charge in [0.2, 0.25) is 0 Å². The van der Waals surface area contributed by atoms with E-state index in [1.165, 1.54) is 12.8 Å². The van der Waals surface area contributed by atoms with Crippen molar-refractivity contribution in [3.8, 4) is 11.3 Å². The van der Waals surface area contributed by atoms with Crippen molar-refractivity contribution in [2.45, 2.75) is 25.7 Å². The molecule has 3 aromatic heterocycles. The summed E-state index contributed by atoms with van der Waals surface area (Å²) in [5.74, 6) is 2.68. The van der Waals surface area contributed by atoms with Gasteiger partial charge in [0.1, 0.15) is 11.6 Å². The van der Waals surface area contributed by atoms with Crippen molar-refractivity contribution in [2.75, 3.05) is 11.9 Å². The van der Waals surface area contributed by atoms with E-state index < -0.39 is 0 Å². The number of aryl methyl sites for hydroxylation is 1. The van der Waals surface area contributed by atoms with Crippen LogP contribution in [0.4, 0.5) is 11.5 Å². The first-order valence-corrected chi connectivity index (χ1v) is 10.9. The Morgan fingerprint density at radius 2 is 1.91 bits per heavy atom. The van der Waals surface area contributed by atoms with Gasteiger partial charge in [-0.05, 0) is 50.1 Å². The van der Waals surface area contributed by atoms with Crippen LogP contribution in [-0.4, -0.2) is 36.6 Å². The lowest BCUT2D eigenvalue weighted by Crippen LogP contribution is -2.13. The Kier molecular flexibility index (Phi) is 4.33. The van der Waals surface area contributed by atoms with Gasteiger partial charge in [-0.2, -0.15) is 4.98 Å². The smallest absolute Gasteiger partial charge is 0.257 e. The highest BCUT2D eigenvalue weighted by Gasteiger charge is 2.25. The molecule has 0 aliphatic heterocycles. The van der Waals surface area contributed by atoms with Crippen molar-refractivity contribution in [2.24, 2.45) is 0 Å². The molecule has 0 N–H and O–H groups in total. The molecule has 0 bridgehead atoms. The fourth-order valence-corrected chi connectivity index (χ4v) is 4.23. The molecule has 7 nitrogen and oxygen atoms in total. The Labute approximate surface area is 189 Å². The molecule has 5 aromatic rings. The maximum atomic E-state index is 6.31. The molecule has 0 unspecified atom stereocenters. The van der Waals surface area contributed by atoms with Crippen molar-refractivity contribution in [3.05, 3.63) is 71.4 Å².